The summed E-state index contributed by atoms with van der Waals surface area (Å²) >= 11 is 0. The van der Waals surface area contributed by atoms with Crippen LogP contribution < -0.4 is 0 Å². The van der Waals surface area contributed by atoms with E-state index in [0.29, 0.717) is 0 Å². The topological polar surface area (TPSA) is 49.8 Å². The first-order chi connectivity index (χ1) is 9.18. The Bertz CT molecular complexity index is 480. The predicted molar refractivity (Wildman–Crippen MR) is 76.6 cm³/mol. The van der Waals surface area contributed by atoms with Gasteiger partial charge in [-0.3, -0.25) is 4.57 Å². The van der Waals surface area contributed by atoms with E-state index in [9.17, 15) is 4.57 Å². The van der Waals surface area contributed by atoms with Gasteiger partial charge in [0.2, 0.25) is 0 Å². The van der Waals surface area contributed by atoms with Gasteiger partial charge in [0, 0.05) is 6.66 Å². The number of hydrogen-bond acceptors (Lipinski definition) is 2. The Hall–Kier alpha value is -1.41. The standard InChI is InChI=1S/C14H12O.CH5O2P/c1-3-7-11(8-4-1)13-14(15-13)12-9-5-2-6-10-12;1-4(2)3/h1-10,13-14H;4H,1H3,(H,2,3). The molecule has 1 heterocycles. The molecule has 1 fully saturated rings. The van der Waals surface area contributed by atoms with Crippen LogP contribution in [-0.4, -0.2) is 11.6 Å². The van der Waals surface area contributed by atoms with Crippen molar-refractivity contribution in [2.45, 2.75) is 12.2 Å². The first-order valence-electron chi connectivity index (χ1n) is 6.13. The summed E-state index contributed by atoms with van der Waals surface area (Å²) in [6.45, 7) is 1.27. The zero-order valence-electron chi connectivity index (χ0n) is 10.7. The van der Waals surface area contributed by atoms with Gasteiger partial charge in [-0.2, -0.15) is 0 Å². The molecule has 0 aromatic heterocycles. The van der Waals surface area contributed by atoms with Gasteiger partial charge in [-0.25, -0.2) is 0 Å². The second kappa shape index (κ2) is 6.67. The van der Waals surface area contributed by atoms with Crippen LogP contribution in [0.4, 0.5) is 0 Å². The normalized spacial score (nSPS) is 22.0. The third-order valence-corrected chi connectivity index (χ3v) is 2.75. The molecule has 3 unspecified atom stereocenters. The van der Waals surface area contributed by atoms with E-state index in [1.165, 1.54) is 17.8 Å². The highest BCUT2D eigenvalue weighted by atomic mass is 31.1. The number of epoxide rings is 1. The lowest BCUT2D eigenvalue weighted by atomic mass is 10.0. The van der Waals surface area contributed by atoms with E-state index in [1.807, 2.05) is 12.1 Å². The molecule has 3 rings (SSSR count). The van der Waals surface area contributed by atoms with E-state index in [0.717, 1.165) is 0 Å². The zero-order chi connectivity index (χ0) is 13.7. The van der Waals surface area contributed by atoms with Crippen LogP contribution >= 0.6 is 8.03 Å². The first-order valence-corrected chi connectivity index (χ1v) is 7.99. The molecule has 1 saturated heterocycles. The smallest absolute Gasteiger partial charge is 0.186 e. The molecule has 1 aliphatic heterocycles. The molecule has 4 heteroatoms. The average Bonchev–Trinajstić information content (AvgIpc) is 3.20. The highest BCUT2D eigenvalue weighted by molar-refractivity contribution is 7.36. The van der Waals surface area contributed by atoms with Gasteiger partial charge < -0.3 is 9.63 Å². The molecule has 0 aliphatic carbocycles. The molecule has 2 aromatic carbocycles. The predicted octanol–water partition coefficient (Wildman–Crippen LogP) is 3.58. The number of hydrogen-bond donors (Lipinski definition) is 1. The Kier molecular flexibility index (Phi) is 4.92. The van der Waals surface area contributed by atoms with Crippen LogP contribution in [0.5, 0.6) is 0 Å². The van der Waals surface area contributed by atoms with E-state index in [1.54, 1.807) is 0 Å². The highest BCUT2D eigenvalue weighted by Crippen LogP contribution is 2.50. The molecule has 1 N–H and O–H groups in total. The van der Waals surface area contributed by atoms with Gasteiger partial charge in [0.05, 0.1) is 0 Å². The van der Waals surface area contributed by atoms with Crippen LogP contribution in [0.2, 0.25) is 0 Å². The second-order valence-corrected chi connectivity index (χ2v) is 5.36. The van der Waals surface area contributed by atoms with Crippen molar-refractivity contribution in [3.8, 4) is 0 Å². The van der Waals surface area contributed by atoms with Gasteiger partial charge in [-0.15, -0.1) is 0 Å². The van der Waals surface area contributed by atoms with E-state index in [4.69, 9.17) is 9.63 Å². The lowest BCUT2D eigenvalue weighted by Crippen LogP contribution is -1.82. The highest BCUT2D eigenvalue weighted by Gasteiger charge is 2.40. The molecule has 19 heavy (non-hydrogen) atoms. The van der Waals surface area contributed by atoms with Crippen LogP contribution in [-0.2, 0) is 9.30 Å². The zero-order valence-corrected chi connectivity index (χ0v) is 11.7. The number of benzene rings is 2. The Morgan fingerprint density at radius 1 is 0.895 bits per heavy atom. The second-order valence-electron chi connectivity index (χ2n) is 4.32. The summed E-state index contributed by atoms with van der Waals surface area (Å²) in [6.07, 6.45) is 0.516. The number of ether oxygens (including phenoxy) is 1. The van der Waals surface area contributed by atoms with Crippen molar-refractivity contribution < 1.29 is 14.2 Å². The van der Waals surface area contributed by atoms with Crippen LogP contribution in [0.3, 0.4) is 0 Å². The van der Waals surface area contributed by atoms with Crippen LogP contribution in [0.1, 0.15) is 23.3 Å². The van der Waals surface area contributed by atoms with Gasteiger partial charge in [-0.05, 0) is 11.1 Å². The molecular formula is C15H17O3P. The Morgan fingerprint density at radius 3 is 1.53 bits per heavy atom. The van der Waals surface area contributed by atoms with E-state index in [2.05, 4.69) is 48.5 Å². The maximum absolute atomic E-state index is 9.19. The van der Waals surface area contributed by atoms with E-state index in [-0.39, 0.29) is 12.2 Å². The molecule has 0 radical (unpaired) electrons. The van der Waals surface area contributed by atoms with Crippen molar-refractivity contribution in [3.05, 3.63) is 71.8 Å². The Morgan fingerprint density at radius 2 is 1.21 bits per heavy atom. The van der Waals surface area contributed by atoms with Crippen LogP contribution in [0.15, 0.2) is 60.7 Å². The van der Waals surface area contributed by atoms with Gasteiger partial charge in [0.1, 0.15) is 12.2 Å². The van der Waals surface area contributed by atoms with Crippen LogP contribution in [0, 0.1) is 0 Å². The SMILES string of the molecule is C[PH](=O)O.c1ccc(C2OC2c2ccccc2)cc1. The molecule has 100 valence electrons. The fourth-order valence-electron chi connectivity index (χ4n) is 1.90. The van der Waals surface area contributed by atoms with Gasteiger partial charge in [-0.1, -0.05) is 60.7 Å². The Balaban J connectivity index is 0.000000297. The largest absolute Gasteiger partial charge is 0.359 e. The fourth-order valence-corrected chi connectivity index (χ4v) is 1.90. The van der Waals surface area contributed by atoms with E-state index >= 15 is 0 Å². The summed E-state index contributed by atoms with van der Waals surface area (Å²) < 4.78 is 14.9. The number of rotatable bonds is 2. The lowest BCUT2D eigenvalue weighted by molar-refractivity contribution is 0.377. The summed E-state index contributed by atoms with van der Waals surface area (Å²) in [6, 6.07) is 20.8. The quantitative estimate of drug-likeness (QED) is 0.673. The molecule has 2 aromatic rings. The van der Waals surface area contributed by atoms with Crippen molar-refractivity contribution in [1.29, 1.82) is 0 Å². The summed E-state index contributed by atoms with van der Waals surface area (Å²) in [5.74, 6) is 0. The molecule has 0 spiro atoms. The van der Waals surface area contributed by atoms with Crippen molar-refractivity contribution in [2.75, 3.05) is 6.66 Å². The van der Waals surface area contributed by atoms with Crippen molar-refractivity contribution in [1.82, 2.24) is 0 Å². The first kappa shape index (κ1) is 14.0. The molecule has 3 atom stereocenters. The molecule has 1 aliphatic rings. The van der Waals surface area contributed by atoms with Crippen molar-refractivity contribution in [2.24, 2.45) is 0 Å². The minimum Gasteiger partial charge on any atom is -0.359 e. The van der Waals surface area contributed by atoms with E-state index < -0.39 is 8.03 Å². The molecular weight excluding hydrogens is 259 g/mol. The summed E-state index contributed by atoms with van der Waals surface area (Å²) in [4.78, 5) is 7.60. The van der Waals surface area contributed by atoms with Gasteiger partial charge in [0.25, 0.3) is 0 Å². The fraction of sp³-hybridized carbons (Fsp3) is 0.200. The monoisotopic (exact) mass is 276 g/mol. The summed E-state index contributed by atoms with van der Waals surface area (Å²) in [5.41, 5.74) is 2.54. The Labute approximate surface area is 113 Å². The van der Waals surface area contributed by atoms with Gasteiger partial charge >= 0.3 is 0 Å². The lowest BCUT2D eigenvalue weighted by Gasteiger charge is -1.95. The summed E-state index contributed by atoms with van der Waals surface area (Å²) in [7, 11) is -2.13. The minimum atomic E-state index is -2.13. The van der Waals surface area contributed by atoms with Crippen LogP contribution in [0.25, 0.3) is 0 Å². The van der Waals surface area contributed by atoms with Crippen molar-refractivity contribution in [3.63, 3.8) is 0 Å². The van der Waals surface area contributed by atoms with Gasteiger partial charge in [0.15, 0.2) is 8.03 Å². The average molecular weight is 276 g/mol. The molecule has 0 saturated carbocycles. The van der Waals surface area contributed by atoms with Crippen molar-refractivity contribution >= 4 is 8.03 Å². The third kappa shape index (κ3) is 4.32. The molecule has 3 nitrogen and oxygen atoms in total. The maximum Gasteiger partial charge on any atom is 0.186 e. The summed E-state index contributed by atoms with van der Waals surface area (Å²) in [5, 5.41) is 0. The maximum atomic E-state index is 9.19. The third-order valence-electron chi connectivity index (χ3n) is 2.75. The molecule has 0 amide bonds. The molecule has 0 bridgehead atoms. The minimum absolute atomic E-state index is 0.258.